The Morgan fingerprint density at radius 1 is 0.930 bits per heavy atom. The molecule has 1 aliphatic rings. The Bertz CT molecular complexity index is 1470. The second kappa shape index (κ2) is 12.2. The molecular weight excluding hydrogens is 552 g/mol. The van der Waals surface area contributed by atoms with E-state index in [2.05, 4.69) is 119 Å². The third-order valence-electron chi connectivity index (χ3n) is 8.50. The fraction of sp³-hybridized carbons (Fsp3) is 0.457. The summed E-state index contributed by atoms with van der Waals surface area (Å²) >= 11 is 0. The zero-order valence-electron chi connectivity index (χ0n) is 26.7. The number of aryl methyl sites for hydroxylation is 1. The van der Waals surface area contributed by atoms with Crippen LogP contribution < -0.4 is 15.7 Å². The Hall–Kier alpha value is -3.49. The third-order valence-corrected chi connectivity index (χ3v) is 13.6. The van der Waals surface area contributed by atoms with E-state index in [4.69, 9.17) is 14.0 Å². The van der Waals surface area contributed by atoms with E-state index in [0.29, 0.717) is 11.7 Å². The predicted molar refractivity (Wildman–Crippen MR) is 174 cm³/mol. The normalized spacial score (nSPS) is 18.0. The molecule has 2 aromatic carbocycles. The maximum absolute atomic E-state index is 12.9. The summed E-state index contributed by atoms with van der Waals surface area (Å²) in [5.41, 5.74) is 1.51. The number of anilines is 1. The van der Waals surface area contributed by atoms with Crippen LogP contribution in [0.2, 0.25) is 5.04 Å². The lowest BCUT2D eigenvalue weighted by Crippen LogP contribution is -2.67. The standard InChI is InChI=1S/C35H46N4O3Si/c1-25-22-28(41-38-25)23-33(40)36-32-24-31(37-39(32)34(2,3)4)26-18-20-27(21-19-26)42-43(35(5,6)7,29-14-10-8-11-15-29)30-16-12-9-13-17-30/h8-17,22,24,26-27H,18-21,23H2,1-7H3,(H,36,40). The molecule has 0 radical (unpaired) electrons. The lowest BCUT2D eigenvalue weighted by atomic mass is 9.85. The van der Waals surface area contributed by atoms with Crippen molar-refractivity contribution in [2.45, 2.75) is 103 Å². The van der Waals surface area contributed by atoms with Crippen LogP contribution in [0.1, 0.15) is 90.3 Å². The van der Waals surface area contributed by atoms with E-state index in [1.54, 1.807) is 6.07 Å². The first-order valence-corrected chi connectivity index (χ1v) is 17.4. The van der Waals surface area contributed by atoms with Crippen LogP contribution in [0.25, 0.3) is 0 Å². The maximum atomic E-state index is 12.9. The van der Waals surface area contributed by atoms with Gasteiger partial charge in [-0.05, 0) is 68.8 Å². The SMILES string of the molecule is Cc1cc(CC(=O)Nc2cc(C3CCC(O[Si](c4ccccc4)(c4ccccc4)C(C)(C)C)CC3)nn2C(C)(C)C)on1. The van der Waals surface area contributed by atoms with Crippen molar-refractivity contribution < 1.29 is 13.7 Å². The van der Waals surface area contributed by atoms with E-state index >= 15 is 0 Å². The molecule has 1 amide bonds. The number of aromatic nitrogens is 3. The Morgan fingerprint density at radius 3 is 2.00 bits per heavy atom. The highest BCUT2D eigenvalue weighted by atomic mass is 28.4. The van der Waals surface area contributed by atoms with E-state index < -0.39 is 8.32 Å². The predicted octanol–water partition coefficient (Wildman–Crippen LogP) is 6.72. The van der Waals surface area contributed by atoms with Crippen LogP contribution in [0.4, 0.5) is 5.82 Å². The van der Waals surface area contributed by atoms with E-state index in [1.165, 1.54) is 10.4 Å². The van der Waals surface area contributed by atoms with Gasteiger partial charge in [-0.2, -0.15) is 5.10 Å². The van der Waals surface area contributed by atoms with Gasteiger partial charge in [0.1, 0.15) is 11.6 Å². The molecule has 1 N–H and O–H groups in total. The molecule has 1 saturated carbocycles. The highest BCUT2D eigenvalue weighted by molar-refractivity contribution is 6.99. The highest BCUT2D eigenvalue weighted by Crippen LogP contribution is 2.41. The number of nitrogens with zero attached hydrogens (tertiary/aromatic N) is 3. The molecule has 0 atom stereocenters. The van der Waals surface area contributed by atoms with Gasteiger partial charge in [0.05, 0.1) is 23.3 Å². The first-order chi connectivity index (χ1) is 20.4. The zero-order valence-corrected chi connectivity index (χ0v) is 27.7. The lowest BCUT2D eigenvalue weighted by Gasteiger charge is -2.46. The largest absolute Gasteiger partial charge is 0.404 e. The average molecular weight is 599 g/mol. The monoisotopic (exact) mass is 598 g/mol. The van der Waals surface area contributed by atoms with Crippen molar-refractivity contribution in [3.63, 3.8) is 0 Å². The number of benzene rings is 2. The smallest absolute Gasteiger partial charge is 0.261 e. The van der Waals surface area contributed by atoms with Gasteiger partial charge in [-0.1, -0.05) is 86.6 Å². The summed E-state index contributed by atoms with van der Waals surface area (Å²) in [7, 11) is -2.60. The van der Waals surface area contributed by atoms with Crippen molar-refractivity contribution in [3.05, 3.63) is 89.9 Å². The van der Waals surface area contributed by atoms with Crippen molar-refractivity contribution >= 4 is 30.4 Å². The van der Waals surface area contributed by atoms with Gasteiger partial charge in [0.2, 0.25) is 5.91 Å². The van der Waals surface area contributed by atoms with E-state index in [9.17, 15) is 4.79 Å². The molecule has 0 saturated heterocycles. The quantitative estimate of drug-likeness (QED) is 0.228. The number of carbonyl (C=O) groups is 1. The Morgan fingerprint density at radius 2 is 1.51 bits per heavy atom. The first kappa shape index (κ1) is 30.9. The maximum Gasteiger partial charge on any atom is 0.261 e. The van der Waals surface area contributed by atoms with Crippen molar-refractivity contribution in [1.29, 1.82) is 0 Å². The van der Waals surface area contributed by atoms with E-state index in [0.717, 1.165) is 42.9 Å². The zero-order chi connectivity index (χ0) is 30.8. The molecule has 1 fully saturated rings. The van der Waals surface area contributed by atoms with Crippen molar-refractivity contribution in [3.8, 4) is 0 Å². The summed E-state index contributed by atoms with van der Waals surface area (Å²) in [6.07, 6.45) is 4.25. The van der Waals surface area contributed by atoms with Crippen molar-refractivity contribution in [2.75, 3.05) is 5.32 Å². The number of carbonyl (C=O) groups excluding carboxylic acids is 1. The van der Waals surface area contributed by atoms with Crippen LogP contribution in [0.15, 0.2) is 77.3 Å². The molecule has 0 unspecified atom stereocenters. The van der Waals surface area contributed by atoms with Crippen molar-refractivity contribution in [2.24, 2.45) is 0 Å². The Labute approximate surface area is 257 Å². The van der Waals surface area contributed by atoms with Crippen LogP contribution in [0.5, 0.6) is 0 Å². The molecule has 2 heterocycles. The van der Waals surface area contributed by atoms with Gasteiger partial charge >= 0.3 is 0 Å². The molecule has 0 aliphatic heterocycles. The summed E-state index contributed by atoms with van der Waals surface area (Å²) in [5.74, 6) is 1.44. The molecule has 4 aromatic rings. The topological polar surface area (TPSA) is 82.2 Å². The second-order valence-corrected chi connectivity index (χ2v) is 18.2. The summed E-state index contributed by atoms with van der Waals surface area (Å²) < 4.78 is 14.6. The Kier molecular flexibility index (Phi) is 8.81. The van der Waals surface area contributed by atoms with Crippen LogP contribution >= 0.6 is 0 Å². The number of rotatable bonds is 8. The molecular formula is C35H46N4O3Si. The minimum atomic E-state index is -2.60. The first-order valence-electron chi connectivity index (χ1n) is 15.5. The molecule has 0 spiro atoms. The summed E-state index contributed by atoms with van der Waals surface area (Å²) in [6, 6.07) is 25.6. The lowest BCUT2D eigenvalue weighted by molar-refractivity contribution is -0.115. The molecule has 0 bridgehead atoms. The minimum Gasteiger partial charge on any atom is -0.404 e. The fourth-order valence-corrected chi connectivity index (χ4v) is 11.2. The molecule has 43 heavy (non-hydrogen) atoms. The van der Waals surface area contributed by atoms with Gasteiger partial charge in [0.15, 0.2) is 0 Å². The summed E-state index contributed by atoms with van der Waals surface area (Å²) in [6.45, 7) is 15.2. The average Bonchev–Trinajstić information content (AvgIpc) is 3.58. The van der Waals surface area contributed by atoms with Gasteiger partial charge in [-0.15, -0.1) is 0 Å². The van der Waals surface area contributed by atoms with Gasteiger partial charge in [0.25, 0.3) is 8.32 Å². The van der Waals surface area contributed by atoms with Crippen molar-refractivity contribution in [1.82, 2.24) is 14.9 Å². The Balaban J connectivity index is 1.34. The van der Waals surface area contributed by atoms with Crippen LogP contribution in [0.3, 0.4) is 0 Å². The van der Waals surface area contributed by atoms with Crippen LogP contribution in [-0.4, -0.2) is 35.3 Å². The molecule has 1 aliphatic carbocycles. The number of nitrogens with one attached hydrogen (secondary N) is 1. The molecule has 7 nitrogen and oxygen atoms in total. The third kappa shape index (κ3) is 6.70. The van der Waals surface area contributed by atoms with Gasteiger partial charge in [-0.3, -0.25) is 4.79 Å². The van der Waals surface area contributed by atoms with E-state index in [-0.39, 0.29) is 29.0 Å². The number of hydrogen-bond donors (Lipinski definition) is 1. The fourth-order valence-electron chi connectivity index (χ4n) is 6.46. The van der Waals surface area contributed by atoms with E-state index in [1.807, 2.05) is 11.6 Å². The molecule has 228 valence electrons. The van der Waals surface area contributed by atoms with Crippen LogP contribution in [-0.2, 0) is 21.2 Å². The molecule has 5 rings (SSSR count). The summed E-state index contributed by atoms with van der Waals surface area (Å²) in [5, 5.41) is 14.6. The van der Waals surface area contributed by atoms with Gasteiger partial charge in [0, 0.05) is 24.2 Å². The molecule has 8 heteroatoms. The van der Waals surface area contributed by atoms with Crippen LogP contribution in [0, 0.1) is 6.92 Å². The highest BCUT2D eigenvalue weighted by Gasteiger charge is 2.51. The molecule has 2 aromatic heterocycles. The van der Waals surface area contributed by atoms with Gasteiger partial charge in [-0.25, -0.2) is 4.68 Å². The number of hydrogen-bond acceptors (Lipinski definition) is 5. The minimum absolute atomic E-state index is 0.0461. The second-order valence-electron chi connectivity index (χ2n) is 14.0. The van der Waals surface area contributed by atoms with Gasteiger partial charge < -0.3 is 14.3 Å². The number of amides is 1. The summed E-state index contributed by atoms with van der Waals surface area (Å²) in [4.78, 5) is 12.9.